The second kappa shape index (κ2) is 5.65. The molecule has 110 valence electrons. The van der Waals surface area contributed by atoms with Crippen molar-refractivity contribution in [1.29, 1.82) is 0 Å². The summed E-state index contributed by atoms with van der Waals surface area (Å²) in [5.41, 5.74) is 6.72. The predicted molar refractivity (Wildman–Crippen MR) is 84.9 cm³/mol. The second-order valence-corrected chi connectivity index (χ2v) is 6.35. The van der Waals surface area contributed by atoms with Crippen molar-refractivity contribution in [2.75, 3.05) is 12.4 Å². The molecular formula is C14H22N4OS. The van der Waals surface area contributed by atoms with Crippen molar-refractivity contribution in [3.8, 4) is 0 Å². The zero-order chi connectivity index (χ0) is 14.8. The fraction of sp³-hybridized carbons (Fsp3) is 0.500. The quantitative estimate of drug-likeness (QED) is 0.587. The third kappa shape index (κ3) is 3.89. The molecule has 0 spiro atoms. The average Bonchev–Trinajstić information content (AvgIpc) is 2.64. The number of thiocarbonyl (C=S) groups is 1. The second-order valence-electron chi connectivity index (χ2n) is 5.96. The Labute approximate surface area is 125 Å². The Balaban J connectivity index is 1.92. The first-order valence-electron chi connectivity index (χ1n) is 6.62. The Morgan fingerprint density at radius 3 is 2.50 bits per heavy atom. The van der Waals surface area contributed by atoms with Gasteiger partial charge in [-0.25, -0.2) is 5.43 Å². The van der Waals surface area contributed by atoms with Crippen LogP contribution in [0.1, 0.15) is 27.2 Å². The molecule has 0 bridgehead atoms. The lowest BCUT2D eigenvalue weighted by Crippen LogP contribution is -2.54. The zero-order valence-corrected chi connectivity index (χ0v) is 13.2. The van der Waals surface area contributed by atoms with Crippen molar-refractivity contribution >= 4 is 23.0 Å². The molecule has 1 unspecified atom stereocenters. The van der Waals surface area contributed by atoms with E-state index in [9.17, 15) is 0 Å². The van der Waals surface area contributed by atoms with Crippen LogP contribution in [0, 0.1) is 0 Å². The third-order valence-electron chi connectivity index (χ3n) is 3.07. The van der Waals surface area contributed by atoms with Gasteiger partial charge in [0.1, 0.15) is 0 Å². The van der Waals surface area contributed by atoms with Crippen molar-refractivity contribution < 1.29 is 4.84 Å². The lowest BCUT2D eigenvalue weighted by Gasteiger charge is -2.31. The van der Waals surface area contributed by atoms with E-state index >= 15 is 0 Å². The van der Waals surface area contributed by atoms with E-state index in [0.717, 1.165) is 12.1 Å². The molecule has 0 saturated carbocycles. The van der Waals surface area contributed by atoms with Crippen molar-refractivity contribution in [2.45, 2.75) is 38.5 Å². The molecule has 1 aromatic rings. The van der Waals surface area contributed by atoms with Crippen LogP contribution in [0.3, 0.4) is 0 Å². The minimum absolute atomic E-state index is 0.0585. The molecule has 6 heteroatoms. The highest BCUT2D eigenvalue weighted by molar-refractivity contribution is 7.80. The molecular weight excluding hydrogens is 272 g/mol. The van der Waals surface area contributed by atoms with Crippen LogP contribution in [0.5, 0.6) is 0 Å². The van der Waals surface area contributed by atoms with Gasteiger partial charge in [-0.15, -0.1) is 0 Å². The minimum Gasteiger partial charge on any atom is -0.332 e. The molecule has 0 aliphatic carbocycles. The zero-order valence-electron chi connectivity index (χ0n) is 12.4. The first-order valence-corrected chi connectivity index (χ1v) is 7.03. The number of anilines is 1. The van der Waals surface area contributed by atoms with Gasteiger partial charge in [-0.1, -0.05) is 18.2 Å². The van der Waals surface area contributed by atoms with Gasteiger partial charge in [0.2, 0.25) is 0 Å². The van der Waals surface area contributed by atoms with Gasteiger partial charge in [-0.3, -0.25) is 9.85 Å². The lowest BCUT2D eigenvalue weighted by molar-refractivity contribution is -0.0926. The van der Waals surface area contributed by atoms with E-state index in [1.807, 2.05) is 44.3 Å². The van der Waals surface area contributed by atoms with Crippen molar-refractivity contribution in [3.63, 3.8) is 0 Å². The Kier molecular flexibility index (Phi) is 4.29. The minimum atomic E-state index is -0.485. The van der Waals surface area contributed by atoms with Crippen LogP contribution < -0.4 is 16.2 Å². The number of nitrogens with zero attached hydrogens (tertiary/aromatic N) is 1. The Morgan fingerprint density at radius 1 is 1.30 bits per heavy atom. The molecule has 20 heavy (non-hydrogen) atoms. The first-order chi connectivity index (χ1) is 9.30. The number of hydroxylamine groups is 1. The maximum Gasteiger partial charge on any atom is 0.187 e. The van der Waals surface area contributed by atoms with Crippen LogP contribution in [0.25, 0.3) is 0 Å². The van der Waals surface area contributed by atoms with E-state index in [-0.39, 0.29) is 5.54 Å². The summed E-state index contributed by atoms with van der Waals surface area (Å²) in [5.74, 6) is 0. The van der Waals surface area contributed by atoms with Crippen LogP contribution in [-0.4, -0.2) is 28.4 Å². The largest absolute Gasteiger partial charge is 0.332 e. The molecule has 1 heterocycles. The molecule has 1 aromatic carbocycles. The van der Waals surface area contributed by atoms with E-state index in [4.69, 9.17) is 17.1 Å². The highest BCUT2D eigenvalue weighted by Crippen LogP contribution is 2.28. The lowest BCUT2D eigenvalue weighted by atomic mass is 9.97. The normalized spacial score (nSPS) is 24.4. The maximum atomic E-state index is 5.64. The fourth-order valence-corrected chi connectivity index (χ4v) is 2.53. The van der Waals surface area contributed by atoms with E-state index in [2.05, 4.69) is 30.1 Å². The standard InChI is InChI=1S/C14H22N4OS/c1-13(2)10-14(3,19-17-13)16-18(4)12(20)15-11-8-6-5-7-9-11/h5-9,16-17H,10H2,1-4H3,(H,15,20). The average molecular weight is 294 g/mol. The van der Waals surface area contributed by atoms with Crippen molar-refractivity contribution in [1.82, 2.24) is 15.9 Å². The number of para-hydroxylation sites is 1. The van der Waals surface area contributed by atoms with Gasteiger partial charge in [-0.05, 0) is 45.1 Å². The van der Waals surface area contributed by atoms with Gasteiger partial charge < -0.3 is 5.32 Å². The van der Waals surface area contributed by atoms with Gasteiger partial charge in [-0.2, -0.15) is 5.48 Å². The summed E-state index contributed by atoms with van der Waals surface area (Å²) < 4.78 is 0. The predicted octanol–water partition coefficient (Wildman–Crippen LogP) is 2.24. The highest BCUT2D eigenvalue weighted by Gasteiger charge is 2.42. The molecule has 1 aliphatic rings. The molecule has 1 saturated heterocycles. The summed E-state index contributed by atoms with van der Waals surface area (Å²) in [5, 5.41) is 5.53. The van der Waals surface area contributed by atoms with E-state index in [1.54, 1.807) is 5.01 Å². The number of benzene rings is 1. The summed E-state index contributed by atoms with van der Waals surface area (Å²) in [7, 11) is 1.87. The number of hydrogen-bond donors (Lipinski definition) is 3. The van der Waals surface area contributed by atoms with Crippen LogP contribution in [0.2, 0.25) is 0 Å². The molecule has 3 N–H and O–H groups in total. The summed E-state index contributed by atoms with van der Waals surface area (Å²) in [6, 6.07) is 9.84. The van der Waals surface area contributed by atoms with Gasteiger partial charge in [0.15, 0.2) is 10.8 Å². The monoisotopic (exact) mass is 294 g/mol. The van der Waals surface area contributed by atoms with Crippen LogP contribution in [-0.2, 0) is 4.84 Å². The Morgan fingerprint density at radius 2 is 1.95 bits per heavy atom. The van der Waals surface area contributed by atoms with Crippen LogP contribution in [0.4, 0.5) is 5.69 Å². The molecule has 5 nitrogen and oxygen atoms in total. The number of hydrogen-bond acceptors (Lipinski definition) is 4. The molecule has 0 aromatic heterocycles. The smallest absolute Gasteiger partial charge is 0.187 e. The highest BCUT2D eigenvalue weighted by atomic mass is 32.1. The maximum absolute atomic E-state index is 5.64. The number of nitrogens with one attached hydrogen (secondary N) is 3. The summed E-state index contributed by atoms with van der Waals surface area (Å²) in [6.45, 7) is 6.19. The summed E-state index contributed by atoms with van der Waals surface area (Å²) in [4.78, 5) is 5.64. The topological polar surface area (TPSA) is 48.6 Å². The third-order valence-corrected chi connectivity index (χ3v) is 3.44. The molecule has 2 rings (SSSR count). The molecule has 0 amide bonds. The SMILES string of the molecule is CN(NC1(C)CC(C)(C)NO1)C(=S)Nc1ccccc1. The molecule has 0 radical (unpaired) electrons. The van der Waals surface area contributed by atoms with E-state index in [0.29, 0.717) is 5.11 Å². The van der Waals surface area contributed by atoms with Crippen LogP contribution in [0.15, 0.2) is 30.3 Å². The van der Waals surface area contributed by atoms with Crippen LogP contribution >= 0.6 is 12.2 Å². The Hall–Kier alpha value is -1.21. The van der Waals surface area contributed by atoms with Crippen molar-refractivity contribution in [3.05, 3.63) is 30.3 Å². The van der Waals surface area contributed by atoms with Gasteiger partial charge in [0.05, 0.1) is 0 Å². The summed E-state index contributed by atoms with van der Waals surface area (Å²) >= 11 is 5.38. The van der Waals surface area contributed by atoms with E-state index in [1.165, 1.54) is 0 Å². The molecule has 1 aliphatic heterocycles. The summed E-state index contributed by atoms with van der Waals surface area (Å²) in [6.07, 6.45) is 0.832. The Bertz CT molecular complexity index is 479. The van der Waals surface area contributed by atoms with E-state index < -0.39 is 5.72 Å². The van der Waals surface area contributed by atoms with Gasteiger partial charge in [0, 0.05) is 24.7 Å². The van der Waals surface area contributed by atoms with Gasteiger partial charge in [0.25, 0.3) is 0 Å². The molecule has 1 fully saturated rings. The number of hydrazine groups is 1. The fourth-order valence-electron chi connectivity index (χ4n) is 2.36. The van der Waals surface area contributed by atoms with Gasteiger partial charge >= 0.3 is 0 Å². The molecule has 1 atom stereocenters. The first kappa shape index (κ1) is 15.2. The number of rotatable bonds is 3. The van der Waals surface area contributed by atoms with Crippen molar-refractivity contribution in [2.24, 2.45) is 0 Å².